The molecule has 2 aromatic heterocycles. The third-order valence-electron chi connectivity index (χ3n) is 7.09. The highest BCUT2D eigenvalue weighted by Gasteiger charge is 2.31. The summed E-state index contributed by atoms with van der Waals surface area (Å²) in [6.07, 6.45) is -1.31. The second kappa shape index (κ2) is 12.2. The molecule has 0 unspecified atom stereocenters. The number of carbonyl (C=O) groups excluding carboxylic acids is 1. The van der Waals surface area contributed by atoms with Gasteiger partial charge in [0.25, 0.3) is 0 Å². The van der Waals surface area contributed by atoms with Gasteiger partial charge < -0.3 is 25.3 Å². The number of pyridine rings is 1. The molecule has 0 bridgehead atoms. The SMILES string of the molecule is Cc1cnc2c(c1)nc(CCC(=O)N[C@@H](C)c1ccc(N[C@H]3CCNC3)cc1)n2Cc1ccc(OC(F)(F)F)cc1. The minimum absolute atomic E-state index is 0.104. The van der Waals surface area contributed by atoms with E-state index in [-0.39, 0.29) is 24.1 Å². The van der Waals surface area contributed by atoms with Crippen LogP contribution in [0.3, 0.4) is 0 Å². The molecule has 2 aromatic carbocycles. The molecule has 1 amide bonds. The van der Waals surface area contributed by atoms with Crippen molar-refractivity contribution in [3.8, 4) is 5.75 Å². The fourth-order valence-electron chi connectivity index (χ4n) is 5.00. The number of hydrogen-bond acceptors (Lipinski definition) is 6. The van der Waals surface area contributed by atoms with Crippen LogP contribution in [0.1, 0.15) is 48.3 Å². The van der Waals surface area contributed by atoms with Gasteiger partial charge in [-0.3, -0.25) is 4.79 Å². The number of hydrogen-bond donors (Lipinski definition) is 3. The Hall–Kier alpha value is -4.12. The Morgan fingerprint density at radius 3 is 2.61 bits per heavy atom. The Labute approximate surface area is 236 Å². The van der Waals surface area contributed by atoms with Crippen molar-refractivity contribution >= 4 is 22.8 Å². The molecule has 3 heterocycles. The van der Waals surface area contributed by atoms with Crippen LogP contribution in [0.4, 0.5) is 18.9 Å². The van der Waals surface area contributed by atoms with E-state index in [9.17, 15) is 18.0 Å². The molecule has 1 aliphatic rings. The number of nitrogens with one attached hydrogen (secondary N) is 3. The maximum atomic E-state index is 12.9. The number of alkyl halides is 3. The highest BCUT2D eigenvalue weighted by atomic mass is 19.4. The fraction of sp³-hybridized carbons (Fsp3) is 0.367. The number of aromatic nitrogens is 3. The van der Waals surface area contributed by atoms with Gasteiger partial charge in [0.2, 0.25) is 5.91 Å². The van der Waals surface area contributed by atoms with Gasteiger partial charge in [0.15, 0.2) is 5.65 Å². The van der Waals surface area contributed by atoms with E-state index in [1.165, 1.54) is 12.1 Å². The maximum Gasteiger partial charge on any atom is 0.573 e. The van der Waals surface area contributed by atoms with E-state index in [0.29, 0.717) is 36.0 Å². The van der Waals surface area contributed by atoms with Gasteiger partial charge >= 0.3 is 6.36 Å². The van der Waals surface area contributed by atoms with Gasteiger partial charge in [-0.25, -0.2) is 9.97 Å². The molecule has 0 aliphatic carbocycles. The van der Waals surface area contributed by atoms with E-state index < -0.39 is 6.36 Å². The highest BCUT2D eigenvalue weighted by Crippen LogP contribution is 2.24. The van der Waals surface area contributed by atoms with Crippen LogP contribution in [0, 0.1) is 6.92 Å². The van der Waals surface area contributed by atoms with E-state index >= 15 is 0 Å². The number of anilines is 1. The van der Waals surface area contributed by atoms with Crippen molar-refractivity contribution in [3.63, 3.8) is 0 Å². The van der Waals surface area contributed by atoms with Crippen LogP contribution in [-0.4, -0.2) is 45.9 Å². The molecule has 1 aliphatic heterocycles. The van der Waals surface area contributed by atoms with Gasteiger partial charge in [-0.15, -0.1) is 13.2 Å². The first-order valence-corrected chi connectivity index (χ1v) is 13.7. The molecule has 3 N–H and O–H groups in total. The van der Waals surface area contributed by atoms with Crippen LogP contribution >= 0.6 is 0 Å². The minimum Gasteiger partial charge on any atom is -0.406 e. The predicted octanol–water partition coefficient (Wildman–Crippen LogP) is 5.27. The van der Waals surface area contributed by atoms with Gasteiger partial charge in [-0.2, -0.15) is 0 Å². The van der Waals surface area contributed by atoms with Gasteiger partial charge in [0.1, 0.15) is 17.1 Å². The normalized spacial score (nSPS) is 16.1. The zero-order chi connectivity index (χ0) is 29.0. The number of aryl methyl sites for hydroxylation is 2. The first kappa shape index (κ1) is 28.4. The molecule has 216 valence electrons. The minimum atomic E-state index is -4.75. The molecule has 2 atom stereocenters. The molecular formula is C30H33F3N6O2. The summed E-state index contributed by atoms with van der Waals surface area (Å²) in [7, 11) is 0. The number of amides is 1. The fourth-order valence-corrected chi connectivity index (χ4v) is 5.00. The van der Waals surface area contributed by atoms with Gasteiger partial charge in [-0.1, -0.05) is 24.3 Å². The molecule has 5 rings (SSSR count). The van der Waals surface area contributed by atoms with Crippen LogP contribution in [-0.2, 0) is 17.8 Å². The standard InChI is InChI=1S/C30H33F3N6O2/c1-19-15-26-29(35-16-19)39(18-21-3-9-25(10-4-21)41-30(31,32)33)27(38-26)11-12-28(40)36-20(2)22-5-7-23(8-6-22)37-24-13-14-34-17-24/h3-10,15-16,20,24,34,37H,11-14,17-18H2,1-2H3,(H,36,40)/t20-,24-/m0/s1. The van der Waals surface area contributed by atoms with E-state index in [1.807, 2.05) is 48.7 Å². The molecule has 8 nitrogen and oxygen atoms in total. The quantitative estimate of drug-likeness (QED) is 0.242. The summed E-state index contributed by atoms with van der Waals surface area (Å²) in [6.45, 7) is 6.20. The number of carbonyl (C=O) groups is 1. The Morgan fingerprint density at radius 2 is 1.93 bits per heavy atom. The summed E-state index contributed by atoms with van der Waals surface area (Å²) in [6, 6.07) is 16.0. The van der Waals surface area contributed by atoms with Crippen molar-refractivity contribution < 1.29 is 22.7 Å². The van der Waals surface area contributed by atoms with Crippen molar-refractivity contribution in [3.05, 3.63) is 83.3 Å². The van der Waals surface area contributed by atoms with E-state index in [2.05, 4.69) is 25.7 Å². The van der Waals surface area contributed by atoms with Gasteiger partial charge in [0.05, 0.1) is 12.6 Å². The number of halogens is 3. The number of ether oxygens (including phenoxy) is 1. The number of imidazole rings is 1. The zero-order valence-electron chi connectivity index (χ0n) is 23.0. The molecule has 1 saturated heterocycles. The predicted molar refractivity (Wildman–Crippen MR) is 151 cm³/mol. The van der Waals surface area contributed by atoms with Crippen molar-refractivity contribution in [1.82, 2.24) is 25.2 Å². The lowest BCUT2D eigenvalue weighted by atomic mass is 10.1. The second-order valence-corrected chi connectivity index (χ2v) is 10.4. The number of nitrogens with zero attached hydrogens (tertiary/aromatic N) is 3. The second-order valence-electron chi connectivity index (χ2n) is 10.4. The van der Waals surface area contributed by atoms with Crippen molar-refractivity contribution in [2.75, 3.05) is 18.4 Å². The lowest BCUT2D eigenvalue weighted by molar-refractivity contribution is -0.274. The summed E-state index contributed by atoms with van der Waals surface area (Å²) >= 11 is 0. The van der Waals surface area contributed by atoms with Crippen LogP contribution in [0.15, 0.2) is 60.8 Å². The summed E-state index contributed by atoms with van der Waals surface area (Å²) in [4.78, 5) is 22.2. The lowest BCUT2D eigenvalue weighted by Crippen LogP contribution is -2.27. The topological polar surface area (TPSA) is 93.1 Å². The molecule has 0 saturated carbocycles. The third-order valence-corrected chi connectivity index (χ3v) is 7.09. The Bertz CT molecular complexity index is 1480. The number of benzene rings is 2. The van der Waals surface area contributed by atoms with Crippen LogP contribution in [0.5, 0.6) is 5.75 Å². The summed E-state index contributed by atoms with van der Waals surface area (Å²) < 4.78 is 43.5. The molecular weight excluding hydrogens is 533 g/mol. The average Bonchev–Trinajstić information content (AvgIpc) is 3.55. The molecule has 4 aromatic rings. The smallest absolute Gasteiger partial charge is 0.406 e. The largest absolute Gasteiger partial charge is 0.573 e. The third kappa shape index (κ3) is 7.55. The highest BCUT2D eigenvalue weighted by molar-refractivity contribution is 5.77. The van der Waals surface area contributed by atoms with Crippen molar-refractivity contribution in [2.45, 2.75) is 58.1 Å². The van der Waals surface area contributed by atoms with Crippen LogP contribution in [0.2, 0.25) is 0 Å². The Kier molecular flexibility index (Phi) is 8.44. The van der Waals surface area contributed by atoms with Gasteiger partial charge in [0, 0.05) is 37.3 Å². The number of fused-ring (bicyclic) bond motifs is 1. The molecule has 0 radical (unpaired) electrons. The van der Waals surface area contributed by atoms with Crippen LogP contribution < -0.4 is 20.7 Å². The Balaban J connectivity index is 1.23. The van der Waals surface area contributed by atoms with E-state index in [1.54, 1.807) is 18.3 Å². The number of rotatable bonds is 10. The summed E-state index contributed by atoms with van der Waals surface area (Å²) in [5, 5.41) is 9.93. The van der Waals surface area contributed by atoms with Crippen molar-refractivity contribution in [1.29, 1.82) is 0 Å². The lowest BCUT2D eigenvalue weighted by Gasteiger charge is -2.17. The first-order valence-electron chi connectivity index (χ1n) is 13.7. The van der Waals surface area contributed by atoms with E-state index in [4.69, 9.17) is 4.98 Å². The maximum absolute atomic E-state index is 12.9. The molecule has 41 heavy (non-hydrogen) atoms. The zero-order valence-corrected chi connectivity index (χ0v) is 23.0. The van der Waals surface area contributed by atoms with Gasteiger partial charge in [-0.05, 0) is 73.8 Å². The monoisotopic (exact) mass is 566 g/mol. The first-order chi connectivity index (χ1) is 19.6. The summed E-state index contributed by atoms with van der Waals surface area (Å²) in [5.41, 5.74) is 5.13. The molecule has 0 spiro atoms. The van der Waals surface area contributed by atoms with Crippen LogP contribution in [0.25, 0.3) is 11.2 Å². The van der Waals surface area contributed by atoms with Crippen molar-refractivity contribution in [2.24, 2.45) is 0 Å². The Morgan fingerprint density at radius 1 is 1.17 bits per heavy atom. The summed E-state index contributed by atoms with van der Waals surface area (Å²) in [5.74, 6) is 0.287. The average molecular weight is 567 g/mol. The van der Waals surface area contributed by atoms with E-state index in [0.717, 1.165) is 41.9 Å². The molecule has 11 heteroatoms. The molecule has 1 fully saturated rings.